The number of hydrogen-bond donors (Lipinski definition) is 2. The van der Waals surface area contributed by atoms with E-state index < -0.39 is 18.2 Å². The molecule has 1 saturated heterocycles. The van der Waals surface area contributed by atoms with Crippen molar-refractivity contribution in [1.29, 1.82) is 0 Å². The molecule has 1 aromatic rings. The Morgan fingerprint density at radius 1 is 1.09 bits per heavy atom. The van der Waals surface area contributed by atoms with Crippen LogP contribution in [0, 0.1) is 0 Å². The van der Waals surface area contributed by atoms with E-state index in [2.05, 4.69) is 31.3 Å². The number of benzene rings is 1. The summed E-state index contributed by atoms with van der Waals surface area (Å²) in [7, 11) is 0. The molecule has 0 aliphatic carbocycles. The van der Waals surface area contributed by atoms with Crippen LogP contribution in [0.3, 0.4) is 0 Å². The van der Waals surface area contributed by atoms with Crippen LogP contribution in [-0.2, 0) is 14.3 Å². The fourth-order valence-corrected chi connectivity index (χ4v) is 2.57. The zero-order valence-corrected chi connectivity index (χ0v) is 13.2. The number of ether oxygens (including phenoxy) is 1. The van der Waals surface area contributed by atoms with E-state index in [0.717, 1.165) is 5.56 Å². The second-order valence-corrected chi connectivity index (χ2v) is 6.08. The summed E-state index contributed by atoms with van der Waals surface area (Å²) in [6, 6.07) is 8.01. The lowest BCUT2D eigenvalue weighted by atomic mass is 9.99. The zero-order valence-electron chi connectivity index (χ0n) is 13.2. The quantitative estimate of drug-likeness (QED) is 0.877. The van der Waals surface area contributed by atoms with Gasteiger partial charge in [-0.15, -0.1) is 0 Å². The lowest BCUT2D eigenvalue weighted by Crippen LogP contribution is -2.37. The minimum Gasteiger partial charge on any atom is -0.479 e. The summed E-state index contributed by atoms with van der Waals surface area (Å²) in [4.78, 5) is 23.0. The Balaban J connectivity index is 1.92. The van der Waals surface area contributed by atoms with Gasteiger partial charge in [-0.3, -0.25) is 4.79 Å². The molecule has 0 bridgehead atoms. The van der Waals surface area contributed by atoms with Crippen molar-refractivity contribution in [2.45, 2.75) is 57.8 Å². The standard InChI is InChI=1S/C17H23NO4/c1-10(2)12-4-6-13(7-5-12)11(3)18-16(19)14-8-9-15(22-14)17(20)21/h4-7,10-11,14-15H,8-9H2,1-3H3,(H,18,19)(H,20,21)/t11?,14-,15+/m0/s1. The molecule has 0 spiro atoms. The lowest BCUT2D eigenvalue weighted by Gasteiger charge is -2.18. The number of aliphatic carboxylic acids is 1. The Bertz CT molecular complexity index is 538. The number of carboxylic acid groups (broad SMARTS) is 1. The molecule has 1 fully saturated rings. The van der Waals surface area contributed by atoms with Crippen molar-refractivity contribution in [2.75, 3.05) is 0 Å². The van der Waals surface area contributed by atoms with Gasteiger partial charge in [-0.2, -0.15) is 0 Å². The highest BCUT2D eigenvalue weighted by molar-refractivity contribution is 5.83. The molecule has 1 amide bonds. The fraction of sp³-hybridized carbons (Fsp3) is 0.529. The Morgan fingerprint density at radius 2 is 1.64 bits per heavy atom. The van der Waals surface area contributed by atoms with Gasteiger partial charge in [-0.1, -0.05) is 38.1 Å². The van der Waals surface area contributed by atoms with E-state index in [-0.39, 0.29) is 11.9 Å². The molecule has 3 atom stereocenters. The van der Waals surface area contributed by atoms with Crippen molar-refractivity contribution in [2.24, 2.45) is 0 Å². The van der Waals surface area contributed by atoms with Crippen LogP contribution < -0.4 is 5.32 Å². The smallest absolute Gasteiger partial charge is 0.332 e. The van der Waals surface area contributed by atoms with Crippen LogP contribution in [0.4, 0.5) is 0 Å². The van der Waals surface area contributed by atoms with E-state index in [0.29, 0.717) is 18.8 Å². The first kappa shape index (κ1) is 16.5. The minimum absolute atomic E-state index is 0.138. The molecule has 0 radical (unpaired) electrons. The molecule has 120 valence electrons. The Kier molecular flexibility index (Phi) is 5.19. The average molecular weight is 305 g/mol. The number of amides is 1. The summed E-state index contributed by atoms with van der Waals surface area (Å²) in [6.45, 7) is 6.18. The molecular formula is C17H23NO4. The van der Waals surface area contributed by atoms with Crippen LogP contribution >= 0.6 is 0 Å². The first-order valence-corrected chi connectivity index (χ1v) is 7.67. The summed E-state index contributed by atoms with van der Waals surface area (Å²) in [6.07, 6.45) is -0.706. The Hall–Kier alpha value is -1.88. The second kappa shape index (κ2) is 6.92. The van der Waals surface area contributed by atoms with Crippen LogP contribution in [0.25, 0.3) is 0 Å². The van der Waals surface area contributed by atoms with Crippen LogP contribution in [0.2, 0.25) is 0 Å². The minimum atomic E-state index is -1.01. The maximum Gasteiger partial charge on any atom is 0.332 e. The molecule has 1 unspecified atom stereocenters. The van der Waals surface area contributed by atoms with Crippen molar-refractivity contribution in [3.63, 3.8) is 0 Å². The van der Waals surface area contributed by atoms with Gasteiger partial charge in [-0.25, -0.2) is 4.79 Å². The predicted octanol–water partition coefficient (Wildman–Crippen LogP) is 2.62. The second-order valence-electron chi connectivity index (χ2n) is 6.08. The lowest BCUT2D eigenvalue weighted by molar-refractivity contribution is -0.151. The molecule has 5 heteroatoms. The van der Waals surface area contributed by atoms with E-state index in [1.807, 2.05) is 19.1 Å². The van der Waals surface area contributed by atoms with Crippen molar-refractivity contribution < 1.29 is 19.4 Å². The van der Waals surface area contributed by atoms with Gasteiger partial charge in [-0.05, 0) is 36.8 Å². The molecule has 0 saturated carbocycles. The number of nitrogens with one attached hydrogen (secondary N) is 1. The van der Waals surface area contributed by atoms with Gasteiger partial charge >= 0.3 is 5.97 Å². The first-order chi connectivity index (χ1) is 10.4. The number of carbonyl (C=O) groups excluding carboxylic acids is 1. The summed E-state index contributed by atoms with van der Waals surface area (Å²) < 4.78 is 5.26. The molecule has 5 nitrogen and oxygen atoms in total. The molecule has 0 aromatic heterocycles. The normalized spacial score (nSPS) is 22.5. The molecule has 1 heterocycles. The van der Waals surface area contributed by atoms with Crippen molar-refractivity contribution >= 4 is 11.9 Å². The van der Waals surface area contributed by atoms with Crippen LogP contribution in [0.1, 0.15) is 56.7 Å². The third kappa shape index (κ3) is 3.85. The van der Waals surface area contributed by atoms with E-state index in [4.69, 9.17) is 9.84 Å². The zero-order chi connectivity index (χ0) is 16.3. The monoisotopic (exact) mass is 305 g/mol. The van der Waals surface area contributed by atoms with E-state index in [9.17, 15) is 9.59 Å². The third-order valence-corrected chi connectivity index (χ3v) is 4.05. The van der Waals surface area contributed by atoms with Gasteiger partial charge in [0.2, 0.25) is 5.91 Å². The molecule has 1 aromatic carbocycles. The van der Waals surface area contributed by atoms with E-state index in [1.165, 1.54) is 5.56 Å². The van der Waals surface area contributed by atoms with Gasteiger partial charge in [0.05, 0.1) is 6.04 Å². The highest BCUT2D eigenvalue weighted by atomic mass is 16.5. The topological polar surface area (TPSA) is 75.6 Å². The SMILES string of the molecule is CC(C)c1ccc(C(C)NC(=O)[C@@H]2CC[C@H](C(=O)O)O2)cc1. The van der Waals surface area contributed by atoms with Gasteiger partial charge in [0.15, 0.2) is 6.10 Å². The third-order valence-electron chi connectivity index (χ3n) is 4.05. The molecule has 2 rings (SSSR count). The molecular weight excluding hydrogens is 282 g/mol. The molecule has 22 heavy (non-hydrogen) atoms. The van der Waals surface area contributed by atoms with Gasteiger partial charge in [0.1, 0.15) is 6.10 Å². The molecule has 2 N–H and O–H groups in total. The summed E-state index contributed by atoms with van der Waals surface area (Å²) in [5.41, 5.74) is 2.27. The summed E-state index contributed by atoms with van der Waals surface area (Å²) >= 11 is 0. The highest BCUT2D eigenvalue weighted by Crippen LogP contribution is 2.22. The number of hydrogen-bond acceptors (Lipinski definition) is 3. The van der Waals surface area contributed by atoms with E-state index >= 15 is 0 Å². The summed E-state index contributed by atoms with van der Waals surface area (Å²) in [5.74, 6) is -0.782. The number of carbonyl (C=O) groups is 2. The van der Waals surface area contributed by atoms with Gasteiger partial charge < -0.3 is 15.2 Å². The van der Waals surface area contributed by atoms with Crippen molar-refractivity contribution in [1.82, 2.24) is 5.32 Å². The number of carboxylic acids is 1. The first-order valence-electron chi connectivity index (χ1n) is 7.67. The van der Waals surface area contributed by atoms with Crippen LogP contribution in [-0.4, -0.2) is 29.2 Å². The van der Waals surface area contributed by atoms with Gasteiger partial charge in [0.25, 0.3) is 0 Å². The van der Waals surface area contributed by atoms with Crippen LogP contribution in [0.15, 0.2) is 24.3 Å². The largest absolute Gasteiger partial charge is 0.479 e. The summed E-state index contributed by atoms with van der Waals surface area (Å²) in [5, 5.41) is 11.8. The predicted molar refractivity (Wildman–Crippen MR) is 82.6 cm³/mol. The number of rotatable bonds is 5. The van der Waals surface area contributed by atoms with E-state index in [1.54, 1.807) is 0 Å². The highest BCUT2D eigenvalue weighted by Gasteiger charge is 2.35. The average Bonchev–Trinajstić information content (AvgIpc) is 2.97. The molecule has 1 aliphatic heterocycles. The Morgan fingerprint density at radius 3 is 2.14 bits per heavy atom. The molecule has 1 aliphatic rings. The Labute approximate surface area is 130 Å². The maximum atomic E-state index is 12.1. The van der Waals surface area contributed by atoms with Gasteiger partial charge in [0, 0.05) is 0 Å². The fourth-order valence-electron chi connectivity index (χ4n) is 2.57. The maximum absolute atomic E-state index is 12.1. The van der Waals surface area contributed by atoms with Crippen molar-refractivity contribution in [3.05, 3.63) is 35.4 Å². The van der Waals surface area contributed by atoms with Crippen LogP contribution in [0.5, 0.6) is 0 Å². The van der Waals surface area contributed by atoms with Crippen molar-refractivity contribution in [3.8, 4) is 0 Å².